The number of benzene rings is 1. The van der Waals surface area contributed by atoms with Crippen molar-refractivity contribution >= 4 is 27.5 Å². The van der Waals surface area contributed by atoms with Crippen molar-refractivity contribution in [3.8, 4) is 0 Å². The summed E-state index contributed by atoms with van der Waals surface area (Å²) in [6, 6.07) is 4.76. The summed E-state index contributed by atoms with van der Waals surface area (Å²) in [6.07, 6.45) is 1.53. The van der Waals surface area contributed by atoms with E-state index in [-0.39, 0.29) is 17.1 Å². The molecule has 0 fully saturated rings. The number of oxime groups is 1. The molecule has 0 aromatic heterocycles. The Morgan fingerprint density at radius 3 is 2.84 bits per heavy atom. The summed E-state index contributed by atoms with van der Waals surface area (Å²) in [7, 11) is 0. The van der Waals surface area contributed by atoms with Gasteiger partial charge in [-0.25, -0.2) is 4.39 Å². The van der Waals surface area contributed by atoms with Crippen LogP contribution in [0.2, 0.25) is 0 Å². The van der Waals surface area contributed by atoms with Gasteiger partial charge >= 0.3 is 0 Å². The smallest absolute Gasteiger partial charge is 0.146 e. The highest BCUT2D eigenvalue weighted by Gasteiger charge is 2.22. The molecule has 0 atom stereocenters. The van der Waals surface area contributed by atoms with Crippen molar-refractivity contribution in [2.75, 3.05) is 11.9 Å². The molecule has 0 unspecified atom stereocenters. The Balaban J connectivity index is 2.45. The van der Waals surface area contributed by atoms with E-state index in [0.29, 0.717) is 12.2 Å². The van der Waals surface area contributed by atoms with Gasteiger partial charge < -0.3 is 16.3 Å². The third kappa shape index (κ3) is 4.70. The maximum absolute atomic E-state index is 13.5. The Labute approximate surface area is 121 Å². The van der Waals surface area contributed by atoms with E-state index in [2.05, 4.69) is 26.4 Å². The van der Waals surface area contributed by atoms with Crippen LogP contribution in [-0.4, -0.2) is 17.6 Å². The van der Waals surface area contributed by atoms with Crippen molar-refractivity contribution in [3.05, 3.63) is 28.5 Å². The third-order valence-corrected chi connectivity index (χ3v) is 3.52. The minimum atomic E-state index is -0.369. The molecule has 0 aliphatic heterocycles. The standard InChI is InChI=1S/C13H19BrFN3O/c1-13(2,12(16)18-19)6-3-7-17-11-8-9(14)4-5-10(11)15/h4-5,8,17,19H,3,6-7H2,1-2H3,(H2,16,18). The molecular weight excluding hydrogens is 313 g/mol. The number of nitrogens with two attached hydrogens (primary N) is 1. The molecule has 0 bridgehead atoms. The van der Waals surface area contributed by atoms with Gasteiger partial charge in [0.2, 0.25) is 0 Å². The maximum Gasteiger partial charge on any atom is 0.146 e. The van der Waals surface area contributed by atoms with Crippen LogP contribution in [0.1, 0.15) is 26.7 Å². The second-order valence-electron chi connectivity index (χ2n) is 5.02. The second kappa shape index (κ2) is 6.75. The first-order valence-electron chi connectivity index (χ1n) is 6.04. The SMILES string of the molecule is CC(C)(CCCNc1cc(Br)ccc1F)C(N)=NO. The average Bonchev–Trinajstić information content (AvgIpc) is 2.37. The van der Waals surface area contributed by atoms with Crippen molar-refractivity contribution in [3.63, 3.8) is 0 Å². The summed E-state index contributed by atoms with van der Waals surface area (Å²) in [6.45, 7) is 4.43. The van der Waals surface area contributed by atoms with E-state index in [4.69, 9.17) is 10.9 Å². The topological polar surface area (TPSA) is 70.6 Å². The van der Waals surface area contributed by atoms with Gasteiger partial charge in [-0.15, -0.1) is 0 Å². The van der Waals surface area contributed by atoms with Crippen molar-refractivity contribution in [2.45, 2.75) is 26.7 Å². The number of nitrogens with one attached hydrogen (secondary N) is 1. The molecule has 0 saturated carbocycles. The van der Waals surface area contributed by atoms with Crippen molar-refractivity contribution in [2.24, 2.45) is 16.3 Å². The first-order valence-corrected chi connectivity index (χ1v) is 6.83. The molecule has 0 aliphatic carbocycles. The Morgan fingerprint density at radius 1 is 1.53 bits per heavy atom. The van der Waals surface area contributed by atoms with E-state index < -0.39 is 0 Å². The number of nitrogens with zero attached hydrogens (tertiary/aromatic N) is 1. The Bertz CT molecular complexity index is 463. The molecule has 1 aromatic rings. The number of halogens is 2. The fourth-order valence-electron chi connectivity index (χ4n) is 1.65. The maximum atomic E-state index is 13.5. The zero-order valence-electron chi connectivity index (χ0n) is 11.1. The van der Waals surface area contributed by atoms with Crippen LogP contribution in [0.25, 0.3) is 0 Å². The lowest BCUT2D eigenvalue weighted by atomic mass is 9.86. The van der Waals surface area contributed by atoms with Gasteiger partial charge in [0.05, 0.1) is 5.69 Å². The van der Waals surface area contributed by atoms with E-state index in [1.54, 1.807) is 12.1 Å². The predicted molar refractivity (Wildman–Crippen MR) is 79.0 cm³/mol. The molecule has 6 heteroatoms. The summed E-state index contributed by atoms with van der Waals surface area (Å²) in [4.78, 5) is 0. The third-order valence-electron chi connectivity index (χ3n) is 3.02. The van der Waals surface area contributed by atoms with Gasteiger partial charge in [0.25, 0.3) is 0 Å². The molecule has 0 radical (unpaired) electrons. The zero-order valence-corrected chi connectivity index (χ0v) is 12.7. The average molecular weight is 332 g/mol. The molecule has 0 saturated heterocycles. The van der Waals surface area contributed by atoms with Crippen LogP contribution in [0.5, 0.6) is 0 Å². The lowest BCUT2D eigenvalue weighted by molar-refractivity contribution is 0.305. The Hall–Kier alpha value is -1.30. The van der Waals surface area contributed by atoms with E-state index in [0.717, 1.165) is 17.3 Å². The summed E-state index contributed by atoms with van der Waals surface area (Å²) in [5, 5.41) is 14.7. The lowest BCUT2D eigenvalue weighted by Gasteiger charge is -2.22. The van der Waals surface area contributed by atoms with E-state index in [1.807, 2.05) is 13.8 Å². The number of rotatable bonds is 6. The van der Waals surface area contributed by atoms with Gasteiger partial charge in [-0.2, -0.15) is 0 Å². The van der Waals surface area contributed by atoms with Crippen molar-refractivity contribution in [1.29, 1.82) is 0 Å². The molecule has 19 heavy (non-hydrogen) atoms. The molecule has 4 nitrogen and oxygen atoms in total. The number of anilines is 1. The van der Waals surface area contributed by atoms with E-state index >= 15 is 0 Å². The molecule has 1 aromatic carbocycles. The molecule has 0 aliphatic rings. The van der Waals surface area contributed by atoms with Crippen LogP contribution in [0.15, 0.2) is 27.8 Å². The quantitative estimate of drug-likeness (QED) is 0.245. The van der Waals surface area contributed by atoms with Crippen LogP contribution < -0.4 is 11.1 Å². The minimum Gasteiger partial charge on any atom is -0.409 e. The van der Waals surface area contributed by atoms with Gasteiger partial charge in [0, 0.05) is 16.4 Å². The van der Waals surface area contributed by atoms with Crippen LogP contribution in [-0.2, 0) is 0 Å². The van der Waals surface area contributed by atoms with Gasteiger partial charge in [-0.3, -0.25) is 0 Å². The Kier molecular flexibility index (Phi) is 5.60. The summed E-state index contributed by atoms with van der Waals surface area (Å²) < 4.78 is 14.3. The van der Waals surface area contributed by atoms with Gasteiger partial charge in [0.15, 0.2) is 0 Å². The number of amidine groups is 1. The van der Waals surface area contributed by atoms with Crippen LogP contribution in [0.4, 0.5) is 10.1 Å². The van der Waals surface area contributed by atoms with Gasteiger partial charge in [0.1, 0.15) is 11.7 Å². The first-order chi connectivity index (χ1) is 8.86. The predicted octanol–water partition coefficient (Wildman–Crippen LogP) is 3.55. The van der Waals surface area contributed by atoms with Crippen molar-refractivity contribution < 1.29 is 9.60 Å². The fourth-order valence-corrected chi connectivity index (χ4v) is 2.01. The van der Waals surface area contributed by atoms with E-state index in [9.17, 15) is 4.39 Å². The monoisotopic (exact) mass is 331 g/mol. The summed E-state index contributed by atoms with van der Waals surface area (Å²) in [5.74, 6) is -0.0694. The Morgan fingerprint density at radius 2 is 2.21 bits per heavy atom. The zero-order chi connectivity index (χ0) is 14.5. The largest absolute Gasteiger partial charge is 0.409 e. The normalized spacial score (nSPS) is 12.5. The molecule has 0 spiro atoms. The van der Waals surface area contributed by atoms with Crippen LogP contribution in [0, 0.1) is 11.2 Å². The summed E-state index contributed by atoms with van der Waals surface area (Å²) in [5.41, 5.74) is 5.70. The first kappa shape index (κ1) is 15.8. The van der Waals surface area contributed by atoms with E-state index in [1.165, 1.54) is 6.07 Å². The summed E-state index contributed by atoms with van der Waals surface area (Å²) >= 11 is 3.30. The number of hydrogen-bond acceptors (Lipinski definition) is 3. The molecule has 106 valence electrons. The van der Waals surface area contributed by atoms with Crippen LogP contribution >= 0.6 is 15.9 Å². The number of hydrogen-bond donors (Lipinski definition) is 3. The highest BCUT2D eigenvalue weighted by molar-refractivity contribution is 9.10. The molecule has 4 N–H and O–H groups in total. The molecular formula is C13H19BrFN3O. The van der Waals surface area contributed by atoms with Crippen LogP contribution in [0.3, 0.4) is 0 Å². The fraction of sp³-hybridized carbons (Fsp3) is 0.462. The molecule has 0 amide bonds. The molecule has 0 heterocycles. The van der Waals surface area contributed by atoms with Gasteiger partial charge in [-0.05, 0) is 31.0 Å². The highest BCUT2D eigenvalue weighted by atomic mass is 79.9. The lowest BCUT2D eigenvalue weighted by Crippen LogP contribution is -2.32. The highest BCUT2D eigenvalue weighted by Crippen LogP contribution is 2.23. The second-order valence-corrected chi connectivity index (χ2v) is 5.94. The molecule has 1 rings (SSSR count). The van der Waals surface area contributed by atoms with Gasteiger partial charge in [-0.1, -0.05) is 34.9 Å². The van der Waals surface area contributed by atoms with Crippen molar-refractivity contribution in [1.82, 2.24) is 0 Å². The minimum absolute atomic E-state index is 0.209.